The minimum Gasteiger partial charge on any atom is -0.444 e. The second-order valence-electron chi connectivity index (χ2n) is 10.6. The number of hydrogen-bond acceptors (Lipinski definition) is 7. The number of carbonyl (C=O) groups is 3. The zero-order valence-electron chi connectivity index (χ0n) is 23.2. The summed E-state index contributed by atoms with van der Waals surface area (Å²) in [4.78, 5) is 40.3. The second kappa shape index (κ2) is 14.2. The molecule has 38 heavy (non-hydrogen) atoms. The molecule has 0 aromatic heterocycles. The monoisotopic (exact) mass is 544 g/mol. The van der Waals surface area contributed by atoms with Gasteiger partial charge in [-0.3, -0.25) is 9.59 Å². The number of aryl methyl sites for hydroxylation is 2. The number of halogens is 1. The van der Waals surface area contributed by atoms with E-state index < -0.39 is 5.60 Å². The van der Waals surface area contributed by atoms with E-state index >= 15 is 0 Å². The van der Waals surface area contributed by atoms with Gasteiger partial charge in [-0.05, 0) is 70.0 Å². The van der Waals surface area contributed by atoms with Crippen LogP contribution in [0.15, 0.2) is 36.4 Å². The Balaban J connectivity index is 0.000000277. The SMILES string of the molecule is Cc1ccc(C=O)c(N2CCN(C(=O)OC(C)(C)C)CC2)c1.Cc1ccc(C=O)c(N2CCNCC2)c1.Cl. The van der Waals surface area contributed by atoms with Gasteiger partial charge in [0.1, 0.15) is 5.60 Å². The Bertz CT molecular complexity index is 1090. The van der Waals surface area contributed by atoms with Crippen molar-refractivity contribution in [2.45, 2.75) is 40.2 Å². The van der Waals surface area contributed by atoms with Crippen molar-refractivity contribution in [1.29, 1.82) is 0 Å². The molecule has 1 amide bonds. The normalized spacial score (nSPS) is 15.6. The van der Waals surface area contributed by atoms with Crippen LogP contribution in [0.4, 0.5) is 16.2 Å². The predicted molar refractivity (Wildman–Crippen MR) is 155 cm³/mol. The van der Waals surface area contributed by atoms with E-state index in [1.54, 1.807) is 4.90 Å². The number of nitrogens with zero attached hydrogens (tertiary/aromatic N) is 3. The Hall–Kier alpha value is -3.10. The summed E-state index contributed by atoms with van der Waals surface area (Å²) in [6.07, 6.45) is 1.55. The lowest BCUT2D eigenvalue weighted by Crippen LogP contribution is -2.50. The Morgan fingerprint density at radius 1 is 0.789 bits per heavy atom. The highest BCUT2D eigenvalue weighted by Crippen LogP contribution is 2.23. The van der Waals surface area contributed by atoms with Crippen molar-refractivity contribution in [3.63, 3.8) is 0 Å². The molecule has 208 valence electrons. The number of rotatable bonds is 4. The van der Waals surface area contributed by atoms with Crippen LogP contribution in [-0.4, -0.2) is 81.5 Å². The maximum atomic E-state index is 12.1. The highest BCUT2D eigenvalue weighted by Gasteiger charge is 2.26. The van der Waals surface area contributed by atoms with Gasteiger partial charge in [-0.25, -0.2) is 4.79 Å². The van der Waals surface area contributed by atoms with Crippen molar-refractivity contribution in [2.75, 3.05) is 62.2 Å². The molecular weight excluding hydrogens is 504 g/mol. The summed E-state index contributed by atoms with van der Waals surface area (Å²) in [5.41, 5.74) is 5.35. The number of aldehydes is 2. The van der Waals surface area contributed by atoms with Gasteiger partial charge < -0.3 is 24.8 Å². The number of piperazine rings is 2. The molecule has 0 atom stereocenters. The smallest absolute Gasteiger partial charge is 0.410 e. The summed E-state index contributed by atoms with van der Waals surface area (Å²) in [6.45, 7) is 16.2. The van der Waals surface area contributed by atoms with E-state index in [1.807, 2.05) is 58.0 Å². The van der Waals surface area contributed by atoms with E-state index in [1.165, 1.54) is 5.56 Å². The van der Waals surface area contributed by atoms with Gasteiger partial charge in [0.05, 0.1) is 0 Å². The van der Waals surface area contributed by atoms with Crippen LogP contribution in [-0.2, 0) is 4.74 Å². The van der Waals surface area contributed by atoms with Gasteiger partial charge >= 0.3 is 6.09 Å². The van der Waals surface area contributed by atoms with Crippen molar-refractivity contribution in [3.05, 3.63) is 58.7 Å². The molecule has 2 aromatic carbocycles. The van der Waals surface area contributed by atoms with Crippen LogP contribution in [0.25, 0.3) is 0 Å². The summed E-state index contributed by atoms with van der Waals surface area (Å²) >= 11 is 0. The molecule has 0 radical (unpaired) electrons. The largest absolute Gasteiger partial charge is 0.444 e. The Morgan fingerprint density at radius 2 is 1.24 bits per heavy atom. The maximum Gasteiger partial charge on any atom is 0.410 e. The fourth-order valence-electron chi connectivity index (χ4n) is 4.42. The number of anilines is 2. The molecule has 2 aliphatic heterocycles. The highest BCUT2D eigenvalue weighted by molar-refractivity contribution is 5.86. The Labute approximate surface area is 232 Å². The fraction of sp³-hybridized carbons (Fsp3) is 0.483. The van der Waals surface area contributed by atoms with Gasteiger partial charge in [-0.1, -0.05) is 12.1 Å². The molecule has 0 spiro atoms. The van der Waals surface area contributed by atoms with E-state index in [4.69, 9.17) is 4.74 Å². The van der Waals surface area contributed by atoms with Crippen LogP contribution in [0.1, 0.15) is 52.6 Å². The van der Waals surface area contributed by atoms with Crippen LogP contribution in [0.3, 0.4) is 0 Å². The molecule has 1 N–H and O–H groups in total. The molecule has 2 heterocycles. The number of carbonyl (C=O) groups excluding carboxylic acids is 3. The van der Waals surface area contributed by atoms with Crippen LogP contribution in [0.2, 0.25) is 0 Å². The lowest BCUT2D eigenvalue weighted by Gasteiger charge is -2.37. The van der Waals surface area contributed by atoms with E-state index in [0.29, 0.717) is 31.7 Å². The second-order valence-corrected chi connectivity index (χ2v) is 10.6. The minimum absolute atomic E-state index is 0. The predicted octanol–water partition coefficient (Wildman–Crippen LogP) is 4.50. The summed E-state index contributed by atoms with van der Waals surface area (Å²) in [6, 6.07) is 11.8. The molecule has 0 unspecified atom stereocenters. The summed E-state index contributed by atoms with van der Waals surface area (Å²) in [5.74, 6) is 0. The van der Waals surface area contributed by atoms with E-state index in [0.717, 1.165) is 61.3 Å². The third-order valence-corrected chi connectivity index (χ3v) is 6.36. The van der Waals surface area contributed by atoms with E-state index in [9.17, 15) is 14.4 Å². The van der Waals surface area contributed by atoms with Gasteiger partial charge in [-0.2, -0.15) is 0 Å². The van der Waals surface area contributed by atoms with Crippen molar-refractivity contribution < 1.29 is 19.1 Å². The van der Waals surface area contributed by atoms with Gasteiger partial charge in [0, 0.05) is 74.9 Å². The zero-order chi connectivity index (χ0) is 27.0. The average molecular weight is 545 g/mol. The van der Waals surface area contributed by atoms with Crippen molar-refractivity contribution in [1.82, 2.24) is 10.2 Å². The summed E-state index contributed by atoms with van der Waals surface area (Å²) in [5, 5.41) is 3.31. The first kappa shape index (κ1) is 31.1. The Morgan fingerprint density at radius 3 is 1.66 bits per heavy atom. The van der Waals surface area contributed by atoms with Crippen molar-refractivity contribution in [3.8, 4) is 0 Å². The number of ether oxygens (including phenoxy) is 1. The number of amides is 1. The number of benzene rings is 2. The molecule has 9 heteroatoms. The molecule has 0 bridgehead atoms. The average Bonchev–Trinajstić information content (AvgIpc) is 2.88. The summed E-state index contributed by atoms with van der Waals surface area (Å²) < 4.78 is 5.39. The first-order valence-corrected chi connectivity index (χ1v) is 12.9. The van der Waals surface area contributed by atoms with E-state index in [-0.39, 0.29) is 18.5 Å². The van der Waals surface area contributed by atoms with Gasteiger partial charge in [0.2, 0.25) is 0 Å². The van der Waals surface area contributed by atoms with Crippen LogP contribution in [0.5, 0.6) is 0 Å². The maximum absolute atomic E-state index is 12.1. The quantitative estimate of drug-likeness (QED) is 0.567. The van der Waals surface area contributed by atoms with Crippen molar-refractivity contribution >= 4 is 42.4 Å². The lowest BCUT2D eigenvalue weighted by molar-refractivity contribution is 0.0240. The number of hydrogen-bond donors (Lipinski definition) is 1. The minimum atomic E-state index is -0.477. The zero-order valence-corrected chi connectivity index (χ0v) is 24.0. The topological polar surface area (TPSA) is 82.2 Å². The van der Waals surface area contributed by atoms with E-state index in [2.05, 4.69) is 28.1 Å². The van der Waals surface area contributed by atoms with Crippen LogP contribution in [0, 0.1) is 13.8 Å². The lowest BCUT2D eigenvalue weighted by atomic mass is 10.1. The van der Waals surface area contributed by atoms with Gasteiger partial charge in [0.15, 0.2) is 12.6 Å². The molecule has 2 fully saturated rings. The molecule has 0 aliphatic carbocycles. The highest BCUT2D eigenvalue weighted by atomic mass is 35.5. The number of nitrogens with one attached hydrogen (secondary N) is 1. The third-order valence-electron chi connectivity index (χ3n) is 6.36. The molecular formula is C29H41ClN4O4. The first-order chi connectivity index (χ1) is 17.6. The molecule has 2 aromatic rings. The molecule has 8 nitrogen and oxygen atoms in total. The first-order valence-electron chi connectivity index (χ1n) is 12.9. The fourth-order valence-corrected chi connectivity index (χ4v) is 4.42. The van der Waals surface area contributed by atoms with Crippen molar-refractivity contribution in [2.24, 2.45) is 0 Å². The van der Waals surface area contributed by atoms with Crippen LogP contribution < -0.4 is 15.1 Å². The molecule has 2 aliphatic rings. The third kappa shape index (κ3) is 8.74. The standard InChI is InChI=1S/C17H24N2O3.C12H16N2O.ClH/c1-13-5-6-14(12-20)15(11-13)18-7-9-19(10-8-18)16(21)22-17(2,3)4;1-10-2-3-11(9-15)12(8-10)14-6-4-13-5-7-14;/h5-6,11-12H,7-10H2,1-4H3;2-3,8-9,13H,4-7H2,1H3;1H. The molecule has 4 rings (SSSR count). The summed E-state index contributed by atoms with van der Waals surface area (Å²) in [7, 11) is 0. The van der Waals surface area contributed by atoms with Gasteiger partial charge in [0.25, 0.3) is 0 Å². The Kier molecular flexibility index (Phi) is 11.6. The molecule has 0 saturated carbocycles. The van der Waals surface area contributed by atoms with Gasteiger partial charge in [-0.15, -0.1) is 12.4 Å². The van der Waals surface area contributed by atoms with Crippen LogP contribution >= 0.6 is 12.4 Å². The molecule has 2 saturated heterocycles.